The van der Waals surface area contributed by atoms with Gasteiger partial charge in [-0.1, -0.05) is 172 Å². The van der Waals surface area contributed by atoms with Crippen LogP contribution in [0.25, 0.3) is 89.2 Å². The zero-order valence-corrected chi connectivity index (χ0v) is 30.9. The molecule has 8 aromatic carbocycles. The van der Waals surface area contributed by atoms with Gasteiger partial charge in [0.1, 0.15) is 0 Å². The maximum Gasteiger partial charge on any atom is 0.160 e. The second-order valence-electron chi connectivity index (χ2n) is 15.0. The largest absolute Gasteiger partial charge is 0.228 e. The molecule has 1 aliphatic carbocycles. The average molecular weight is 703 g/mol. The van der Waals surface area contributed by atoms with Gasteiger partial charge in [-0.2, -0.15) is 0 Å². The Labute approximate surface area is 322 Å². The minimum atomic E-state index is -0.114. The van der Waals surface area contributed by atoms with Crippen LogP contribution in [0.5, 0.6) is 0 Å². The zero-order chi connectivity index (χ0) is 36.9. The van der Waals surface area contributed by atoms with Crippen molar-refractivity contribution in [3.63, 3.8) is 0 Å². The summed E-state index contributed by atoms with van der Waals surface area (Å²) in [5, 5.41) is 2.54. The highest BCUT2D eigenvalue weighted by molar-refractivity contribution is 5.99. The molecule has 55 heavy (non-hydrogen) atoms. The van der Waals surface area contributed by atoms with Crippen molar-refractivity contribution < 1.29 is 0 Å². The minimum absolute atomic E-state index is 0.114. The SMILES string of the molecule is CC1(C)c2cc3ccccc3cc2-c2c(-c3cccc(-c4nc(-c5cccc(-c6ccccc6)c5)cc(-c5cccc(-c6ccccc6)c5)n4)c3)cccc21. The molecule has 0 saturated heterocycles. The molecule has 0 amide bonds. The van der Waals surface area contributed by atoms with Crippen molar-refractivity contribution in [3.05, 3.63) is 205 Å². The van der Waals surface area contributed by atoms with Gasteiger partial charge in [0, 0.05) is 22.1 Å². The maximum absolute atomic E-state index is 5.30. The van der Waals surface area contributed by atoms with Crippen LogP contribution in [0.2, 0.25) is 0 Å². The van der Waals surface area contributed by atoms with E-state index in [1.807, 2.05) is 0 Å². The van der Waals surface area contributed by atoms with E-state index >= 15 is 0 Å². The molecule has 2 heteroatoms. The van der Waals surface area contributed by atoms with E-state index in [4.69, 9.17) is 9.97 Å². The summed E-state index contributed by atoms with van der Waals surface area (Å²) < 4.78 is 0. The lowest BCUT2D eigenvalue weighted by atomic mass is 9.81. The van der Waals surface area contributed by atoms with Crippen molar-refractivity contribution in [2.45, 2.75) is 19.3 Å². The highest BCUT2D eigenvalue weighted by Crippen LogP contribution is 2.53. The Morgan fingerprint density at radius 3 is 1.42 bits per heavy atom. The van der Waals surface area contributed by atoms with Crippen LogP contribution in [0.1, 0.15) is 25.0 Å². The molecule has 0 atom stereocenters. The maximum atomic E-state index is 5.30. The topological polar surface area (TPSA) is 25.8 Å². The van der Waals surface area contributed by atoms with Crippen molar-refractivity contribution >= 4 is 10.8 Å². The molecule has 1 heterocycles. The summed E-state index contributed by atoms with van der Waals surface area (Å²) in [4.78, 5) is 10.6. The number of hydrogen-bond acceptors (Lipinski definition) is 2. The van der Waals surface area contributed by atoms with E-state index in [2.05, 4.69) is 208 Å². The monoisotopic (exact) mass is 702 g/mol. The van der Waals surface area contributed by atoms with Crippen LogP contribution in [-0.4, -0.2) is 9.97 Å². The van der Waals surface area contributed by atoms with Crippen LogP contribution in [-0.2, 0) is 5.41 Å². The van der Waals surface area contributed by atoms with Gasteiger partial charge in [-0.25, -0.2) is 9.97 Å². The van der Waals surface area contributed by atoms with Gasteiger partial charge < -0.3 is 0 Å². The van der Waals surface area contributed by atoms with Crippen molar-refractivity contribution in [3.8, 4) is 78.4 Å². The van der Waals surface area contributed by atoms with Gasteiger partial charge in [0.25, 0.3) is 0 Å². The molecule has 0 spiro atoms. The number of hydrogen-bond donors (Lipinski definition) is 0. The van der Waals surface area contributed by atoms with Crippen molar-refractivity contribution in [2.24, 2.45) is 0 Å². The fraction of sp³-hybridized carbons (Fsp3) is 0.0566. The van der Waals surface area contributed by atoms with E-state index in [0.29, 0.717) is 5.82 Å². The Morgan fingerprint density at radius 1 is 0.327 bits per heavy atom. The average Bonchev–Trinajstić information content (AvgIpc) is 3.48. The molecule has 0 unspecified atom stereocenters. The molecule has 0 saturated carbocycles. The first-order valence-electron chi connectivity index (χ1n) is 19.0. The zero-order valence-electron chi connectivity index (χ0n) is 30.9. The van der Waals surface area contributed by atoms with Crippen molar-refractivity contribution in [1.82, 2.24) is 9.97 Å². The lowest BCUT2D eigenvalue weighted by Crippen LogP contribution is -2.14. The highest BCUT2D eigenvalue weighted by atomic mass is 14.9. The molecular formula is C53H38N2. The third kappa shape index (κ3) is 5.84. The predicted octanol–water partition coefficient (Wildman–Crippen LogP) is 13.9. The van der Waals surface area contributed by atoms with E-state index in [-0.39, 0.29) is 5.41 Å². The van der Waals surface area contributed by atoms with Crippen molar-refractivity contribution in [2.75, 3.05) is 0 Å². The van der Waals surface area contributed by atoms with Gasteiger partial charge in [0.2, 0.25) is 0 Å². The standard InChI is InChI=1S/C53H38N2/c1-53(2)47-28-14-27-45(51(47)46-32-39-19-9-10-20-40(39)33-48(46)53)41-23-13-26-44(31-41)52-54-49(42-24-11-21-37(29-42)35-15-5-3-6-16-35)34-50(55-52)43-25-12-22-38(30-43)36-17-7-4-8-18-36/h3-34H,1-2H3. The van der Waals surface area contributed by atoms with Crippen LogP contribution >= 0.6 is 0 Å². The third-order valence-corrected chi connectivity index (χ3v) is 11.3. The van der Waals surface area contributed by atoms with Gasteiger partial charge in [-0.3, -0.25) is 0 Å². The molecule has 260 valence electrons. The molecular weight excluding hydrogens is 665 g/mol. The Morgan fingerprint density at radius 2 is 0.800 bits per heavy atom. The van der Waals surface area contributed by atoms with Gasteiger partial charge >= 0.3 is 0 Å². The number of benzene rings is 8. The fourth-order valence-electron chi connectivity index (χ4n) is 8.39. The molecule has 10 rings (SSSR count). The van der Waals surface area contributed by atoms with Gasteiger partial charge in [0.15, 0.2) is 5.82 Å². The summed E-state index contributed by atoms with van der Waals surface area (Å²) in [6.07, 6.45) is 0. The number of fused-ring (bicyclic) bond motifs is 4. The van der Waals surface area contributed by atoms with Crippen LogP contribution in [0.4, 0.5) is 0 Å². The first-order chi connectivity index (χ1) is 27.0. The Kier molecular flexibility index (Phi) is 7.85. The van der Waals surface area contributed by atoms with Crippen molar-refractivity contribution in [1.29, 1.82) is 0 Å². The second kappa shape index (κ2) is 13.2. The summed E-state index contributed by atoms with van der Waals surface area (Å²) >= 11 is 0. The van der Waals surface area contributed by atoms with E-state index in [1.165, 1.54) is 49.7 Å². The molecule has 0 N–H and O–H groups in total. The van der Waals surface area contributed by atoms with Crippen LogP contribution in [0.15, 0.2) is 194 Å². The van der Waals surface area contributed by atoms with E-state index in [0.717, 1.165) is 44.8 Å². The molecule has 1 aromatic heterocycles. The number of rotatable bonds is 6. The summed E-state index contributed by atoms with van der Waals surface area (Å²) in [5.74, 6) is 0.698. The molecule has 0 aliphatic heterocycles. The van der Waals surface area contributed by atoms with Crippen LogP contribution in [0.3, 0.4) is 0 Å². The Hall–Kier alpha value is -6.90. The minimum Gasteiger partial charge on any atom is -0.228 e. The molecule has 9 aromatic rings. The molecule has 0 fully saturated rings. The smallest absolute Gasteiger partial charge is 0.160 e. The summed E-state index contributed by atoms with van der Waals surface area (Å²) in [6.45, 7) is 4.71. The predicted molar refractivity (Wildman–Crippen MR) is 230 cm³/mol. The number of aromatic nitrogens is 2. The van der Waals surface area contributed by atoms with Gasteiger partial charge in [0.05, 0.1) is 11.4 Å². The van der Waals surface area contributed by atoms with Crippen LogP contribution in [0, 0.1) is 0 Å². The molecule has 0 bridgehead atoms. The highest BCUT2D eigenvalue weighted by Gasteiger charge is 2.37. The van der Waals surface area contributed by atoms with E-state index < -0.39 is 0 Å². The van der Waals surface area contributed by atoms with E-state index in [1.54, 1.807) is 0 Å². The summed E-state index contributed by atoms with van der Waals surface area (Å²) in [5.41, 5.74) is 17.1. The summed E-state index contributed by atoms with van der Waals surface area (Å²) in [6, 6.07) is 69.6. The normalized spacial score (nSPS) is 12.7. The first kappa shape index (κ1) is 32.7. The lowest BCUT2D eigenvalue weighted by molar-refractivity contribution is 0.661. The van der Waals surface area contributed by atoms with Gasteiger partial charge in [-0.15, -0.1) is 0 Å². The Balaban J connectivity index is 1.13. The molecule has 2 nitrogen and oxygen atoms in total. The van der Waals surface area contributed by atoms with E-state index in [9.17, 15) is 0 Å². The molecule has 0 radical (unpaired) electrons. The summed E-state index contributed by atoms with van der Waals surface area (Å²) in [7, 11) is 0. The first-order valence-corrected chi connectivity index (χ1v) is 19.0. The lowest BCUT2D eigenvalue weighted by Gasteiger charge is -2.22. The fourth-order valence-corrected chi connectivity index (χ4v) is 8.39. The second-order valence-corrected chi connectivity index (χ2v) is 15.0. The third-order valence-electron chi connectivity index (χ3n) is 11.3. The van der Waals surface area contributed by atoms with Crippen LogP contribution < -0.4 is 0 Å². The van der Waals surface area contributed by atoms with Gasteiger partial charge in [-0.05, 0) is 103 Å². The quantitative estimate of drug-likeness (QED) is 0.172. The number of nitrogens with zero attached hydrogens (tertiary/aromatic N) is 2. The Bertz CT molecular complexity index is 2790. The molecule has 1 aliphatic rings.